The first-order valence-corrected chi connectivity index (χ1v) is 4.87. The van der Waals surface area contributed by atoms with Crippen molar-refractivity contribution in [1.29, 1.82) is 5.26 Å². The second-order valence-electron chi connectivity index (χ2n) is 3.33. The van der Waals surface area contributed by atoms with Gasteiger partial charge in [0.15, 0.2) is 0 Å². The fourth-order valence-corrected chi connectivity index (χ4v) is 1.48. The summed E-state index contributed by atoms with van der Waals surface area (Å²) in [7, 11) is 0. The minimum Gasteiger partial charge on any atom is -0.418 e. The van der Waals surface area contributed by atoms with Crippen LogP contribution in [0, 0.1) is 18.3 Å². The quantitative estimate of drug-likeness (QED) is 0.818. The number of nitrogens with zero attached hydrogens (tertiary/aromatic N) is 4. The predicted octanol–water partition coefficient (Wildman–Crippen LogP) is 1.32. The lowest BCUT2D eigenvalue weighted by molar-refractivity contribution is 0.572. The fraction of sp³-hybridized carbons (Fsp3) is 0.300. The predicted molar refractivity (Wildman–Crippen MR) is 57.3 cm³/mol. The summed E-state index contributed by atoms with van der Waals surface area (Å²) < 4.78 is 6.98. The third-order valence-electron chi connectivity index (χ3n) is 2.18. The Bertz CT molecular complexity index is 560. The Balaban J connectivity index is 2.54. The van der Waals surface area contributed by atoms with E-state index in [-0.39, 0.29) is 11.6 Å². The summed E-state index contributed by atoms with van der Waals surface area (Å²) in [6.45, 7) is 4.55. The van der Waals surface area contributed by atoms with E-state index in [0.717, 1.165) is 11.4 Å². The van der Waals surface area contributed by atoms with Crippen molar-refractivity contribution < 1.29 is 4.42 Å². The molecule has 6 nitrogen and oxygen atoms in total. The summed E-state index contributed by atoms with van der Waals surface area (Å²) in [5, 5.41) is 13.0. The number of oxazole rings is 1. The van der Waals surface area contributed by atoms with E-state index < -0.39 is 0 Å². The lowest BCUT2D eigenvalue weighted by Gasteiger charge is -1.98. The summed E-state index contributed by atoms with van der Waals surface area (Å²) in [5.41, 5.74) is 7.21. The average molecular weight is 217 g/mol. The van der Waals surface area contributed by atoms with Crippen LogP contribution in [0.2, 0.25) is 0 Å². The van der Waals surface area contributed by atoms with Crippen LogP contribution in [0.3, 0.4) is 0 Å². The fourth-order valence-electron chi connectivity index (χ4n) is 1.48. The summed E-state index contributed by atoms with van der Waals surface area (Å²) in [6, 6.07) is 3.71. The molecule has 0 aliphatic carbocycles. The van der Waals surface area contributed by atoms with Gasteiger partial charge in [0, 0.05) is 6.54 Å². The van der Waals surface area contributed by atoms with Gasteiger partial charge >= 0.3 is 0 Å². The standard InChI is InChI=1S/C10H11N5O/c1-3-15-8(4-6(2)14-15)10-13-7(5-11)9(12)16-10/h4H,3,12H2,1-2H3. The number of hydrogen-bond acceptors (Lipinski definition) is 5. The lowest BCUT2D eigenvalue weighted by Crippen LogP contribution is -1.99. The molecule has 0 aliphatic rings. The molecule has 2 rings (SSSR count). The van der Waals surface area contributed by atoms with Gasteiger partial charge in [0.05, 0.1) is 5.69 Å². The first kappa shape index (κ1) is 10.2. The molecule has 0 radical (unpaired) electrons. The normalized spacial score (nSPS) is 10.3. The van der Waals surface area contributed by atoms with Gasteiger partial charge in [0.1, 0.15) is 11.8 Å². The maximum absolute atomic E-state index is 8.74. The van der Waals surface area contributed by atoms with E-state index in [4.69, 9.17) is 15.4 Å². The zero-order valence-electron chi connectivity index (χ0n) is 9.06. The Labute approximate surface area is 92.3 Å². The smallest absolute Gasteiger partial charge is 0.248 e. The zero-order chi connectivity index (χ0) is 11.7. The molecule has 0 bridgehead atoms. The molecular formula is C10H11N5O. The van der Waals surface area contributed by atoms with Gasteiger partial charge in [-0.1, -0.05) is 0 Å². The van der Waals surface area contributed by atoms with Crippen molar-refractivity contribution in [2.45, 2.75) is 20.4 Å². The highest BCUT2D eigenvalue weighted by Gasteiger charge is 2.15. The van der Waals surface area contributed by atoms with Crippen LogP contribution in [-0.2, 0) is 6.54 Å². The number of nitriles is 1. The number of rotatable bonds is 2. The van der Waals surface area contributed by atoms with E-state index >= 15 is 0 Å². The number of aryl methyl sites for hydroxylation is 2. The molecular weight excluding hydrogens is 206 g/mol. The van der Waals surface area contributed by atoms with E-state index in [1.54, 1.807) is 4.68 Å². The first-order chi connectivity index (χ1) is 7.65. The SMILES string of the molecule is CCn1nc(C)cc1-c1nc(C#N)c(N)o1. The Morgan fingerprint density at radius 3 is 2.94 bits per heavy atom. The van der Waals surface area contributed by atoms with Crippen molar-refractivity contribution >= 4 is 5.88 Å². The molecule has 82 valence electrons. The van der Waals surface area contributed by atoms with E-state index in [1.165, 1.54) is 0 Å². The monoisotopic (exact) mass is 217 g/mol. The molecule has 0 atom stereocenters. The number of aromatic nitrogens is 3. The van der Waals surface area contributed by atoms with Gasteiger partial charge in [-0.2, -0.15) is 15.3 Å². The second kappa shape index (κ2) is 3.70. The van der Waals surface area contributed by atoms with Crippen LogP contribution in [0.1, 0.15) is 18.3 Å². The minimum atomic E-state index is 0.0407. The van der Waals surface area contributed by atoms with Crippen molar-refractivity contribution in [3.05, 3.63) is 17.5 Å². The Hall–Kier alpha value is -2.29. The van der Waals surface area contributed by atoms with Gasteiger partial charge in [-0.3, -0.25) is 4.68 Å². The van der Waals surface area contributed by atoms with Crippen molar-refractivity contribution in [3.63, 3.8) is 0 Å². The molecule has 16 heavy (non-hydrogen) atoms. The molecule has 0 aliphatic heterocycles. The van der Waals surface area contributed by atoms with Crippen LogP contribution >= 0.6 is 0 Å². The molecule has 0 saturated heterocycles. The van der Waals surface area contributed by atoms with Crippen molar-refractivity contribution in [3.8, 4) is 17.7 Å². The van der Waals surface area contributed by atoms with Crippen molar-refractivity contribution in [2.24, 2.45) is 0 Å². The minimum absolute atomic E-state index is 0.0407. The van der Waals surface area contributed by atoms with Crippen molar-refractivity contribution in [2.75, 3.05) is 5.73 Å². The number of hydrogen-bond donors (Lipinski definition) is 1. The Kier molecular flexibility index (Phi) is 2.37. The zero-order valence-corrected chi connectivity index (χ0v) is 9.06. The largest absolute Gasteiger partial charge is 0.418 e. The lowest BCUT2D eigenvalue weighted by atomic mass is 10.3. The topological polar surface area (TPSA) is 93.7 Å². The van der Waals surface area contributed by atoms with Crippen LogP contribution in [-0.4, -0.2) is 14.8 Å². The third kappa shape index (κ3) is 1.52. The number of anilines is 1. The Morgan fingerprint density at radius 2 is 2.38 bits per heavy atom. The van der Waals surface area contributed by atoms with Gasteiger partial charge in [-0.25, -0.2) is 0 Å². The average Bonchev–Trinajstić information content (AvgIpc) is 2.81. The molecule has 0 aromatic carbocycles. The first-order valence-electron chi connectivity index (χ1n) is 4.87. The highest BCUT2D eigenvalue weighted by atomic mass is 16.4. The Morgan fingerprint density at radius 1 is 1.62 bits per heavy atom. The third-order valence-corrected chi connectivity index (χ3v) is 2.18. The molecule has 2 heterocycles. The molecule has 6 heteroatoms. The molecule has 0 spiro atoms. The molecule has 2 N–H and O–H groups in total. The molecule has 2 aromatic heterocycles. The number of nitrogens with two attached hydrogens (primary N) is 1. The van der Waals surface area contributed by atoms with E-state index in [1.807, 2.05) is 26.0 Å². The summed E-state index contributed by atoms with van der Waals surface area (Å²) in [4.78, 5) is 4.01. The van der Waals surface area contributed by atoms with Crippen LogP contribution < -0.4 is 5.73 Å². The molecule has 0 amide bonds. The molecule has 0 unspecified atom stereocenters. The van der Waals surface area contributed by atoms with Gasteiger partial charge in [0.2, 0.25) is 17.5 Å². The second-order valence-corrected chi connectivity index (χ2v) is 3.33. The summed E-state index contributed by atoms with van der Waals surface area (Å²) >= 11 is 0. The summed E-state index contributed by atoms with van der Waals surface area (Å²) in [6.07, 6.45) is 0. The van der Waals surface area contributed by atoms with Crippen LogP contribution in [0.25, 0.3) is 11.6 Å². The van der Waals surface area contributed by atoms with Gasteiger partial charge in [-0.05, 0) is 19.9 Å². The highest BCUT2D eigenvalue weighted by Crippen LogP contribution is 2.23. The number of nitrogen functional groups attached to an aromatic ring is 1. The van der Waals surface area contributed by atoms with Crippen LogP contribution in [0.4, 0.5) is 5.88 Å². The van der Waals surface area contributed by atoms with E-state index in [9.17, 15) is 0 Å². The van der Waals surface area contributed by atoms with Gasteiger partial charge < -0.3 is 10.2 Å². The van der Waals surface area contributed by atoms with Crippen molar-refractivity contribution in [1.82, 2.24) is 14.8 Å². The molecule has 0 fully saturated rings. The maximum atomic E-state index is 8.74. The van der Waals surface area contributed by atoms with Crippen LogP contribution in [0.15, 0.2) is 10.5 Å². The van der Waals surface area contributed by atoms with E-state index in [0.29, 0.717) is 12.4 Å². The van der Waals surface area contributed by atoms with E-state index in [2.05, 4.69) is 10.1 Å². The van der Waals surface area contributed by atoms with Gasteiger partial charge in [-0.15, -0.1) is 0 Å². The van der Waals surface area contributed by atoms with Gasteiger partial charge in [0.25, 0.3) is 0 Å². The maximum Gasteiger partial charge on any atom is 0.248 e. The summed E-state index contributed by atoms with van der Waals surface area (Å²) in [5.74, 6) is 0.371. The highest BCUT2D eigenvalue weighted by molar-refractivity contribution is 5.54. The van der Waals surface area contributed by atoms with Crippen LogP contribution in [0.5, 0.6) is 0 Å². The molecule has 2 aromatic rings. The molecule has 0 saturated carbocycles.